The molecule has 1 aromatic rings. The smallest absolute Gasteiger partial charge is 0.258 e. The quantitative estimate of drug-likeness (QED) is 0.704. The van der Waals surface area contributed by atoms with Crippen molar-refractivity contribution < 1.29 is 9.53 Å². The molecule has 1 unspecified atom stereocenters. The molecule has 20 heavy (non-hydrogen) atoms. The summed E-state index contributed by atoms with van der Waals surface area (Å²) in [7, 11) is 0. The molecule has 2 N–H and O–H groups in total. The van der Waals surface area contributed by atoms with Crippen LogP contribution in [-0.4, -0.2) is 31.6 Å². The molecule has 1 aromatic carbocycles. The van der Waals surface area contributed by atoms with Gasteiger partial charge >= 0.3 is 0 Å². The SMILES string of the molecule is C#CCNC(=O)COc1ccc(CC(C)NCC)cc1. The van der Waals surface area contributed by atoms with Gasteiger partial charge in [0.05, 0.1) is 6.54 Å². The van der Waals surface area contributed by atoms with Gasteiger partial charge in [-0.3, -0.25) is 4.79 Å². The number of rotatable bonds is 8. The summed E-state index contributed by atoms with van der Waals surface area (Å²) in [5.74, 6) is 2.81. The Morgan fingerprint density at radius 3 is 2.70 bits per heavy atom. The summed E-state index contributed by atoms with van der Waals surface area (Å²) in [6.45, 7) is 5.43. The average molecular weight is 274 g/mol. The molecule has 4 nitrogen and oxygen atoms in total. The molecule has 0 aliphatic rings. The van der Waals surface area contributed by atoms with Crippen LogP contribution in [0.4, 0.5) is 0 Å². The predicted octanol–water partition coefficient (Wildman–Crippen LogP) is 1.36. The van der Waals surface area contributed by atoms with Crippen molar-refractivity contribution in [2.24, 2.45) is 0 Å². The molecule has 0 fully saturated rings. The first-order valence-electron chi connectivity index (χ1n) is 6.81. The molecular weight excluding hydrogens is 252 g/mol. The number of hydrogen-bond acceptors (Lipinski definition) is 3. The highest BCUT2D eigenvalue weighted by Crippen LogP contribution is 2.13. The fourth-order valence-corrected chi connectivity index (χ4v) is 1.85. The zero-order valence-electron chi connectivity index (χ0n) is 12.1. The Hall–Kier alpha value is -1.99. The molecule has 1 rings (SSSR count). The zero-order chi connectivity index (χ0) is 14.8. The van der Waals surface area contributed by atoms with Gasteiger partial charge in [0.15, 0.2) is 6.61 Å². The lowest BCUT2D eigenvalue weighted by Gasteiger charge is -2.12. The second-order valence-electron chi connectivity index (χ2n) is 4.58. The summed E-state index contributed by atoms with van der Waals surface area (Å²) in [6, 6.07) is 8.23. The standard InChI is InChI=1S/C16H22N2O2/c1-4-10-18-16(19)12-20-15-8-6-14(7-9-15)11-13(3)17-5-2/h1,6-9,13,17H,5,10-12H2,2-3H3,(H,18,19). The van der Waals surface area contributed by atoms with Crippen molar-refractivity contribution in [3.8, 4) is 18.1 Å². The van der Waals surface area contributed by atoms with Crippen molar-refractivity contribution in [3.63, 3.8) is 0 Å². The third kappa shape index (κ3) is 6.26. The topological polar surface area (TPSA) is 50.4 Å². The van der Waals surface area contributed by atoms with E-state index in [2.05, 4.69) is 30.4 Å². The summed E-state index contributed by atoms with van der Waals surface area (Å²) < 4.78 is 5.38. The highest BCUT2D eigenvalue weighted by Gasteiger charge is 2.04. The maximum atomic E-state index is 11.3. The van der Waals surface area contributed by atoms with Gasteiger partial charge in [0, 0.05) is 6.04 Å². The van der Waals surface area contributed by atoms with E-state index in [9.17, 15) is 4.79 Å². The number of likely N-dealkylation sites (N-methyl/N-ethyl adjacent to an activating group) is 1. The lowest BCUT2D eigenvalue weighted by Crippen LogP contribution is -2.29. The minimum atomic E-state index is -0.215. The van der Waals surface area contributed by atoms with Crippen molar-refractivity contribution in [3.05, 3.63) is 29.8 Å². The van der Waals surface area contributed by atoms with Gasteiger partial charge < -0.3 is 15.4 Å². The third-order valence-corrected chi connectivity index (χ3v) is 2.78. The van der Waals surface area contributed by atoms with Crippen molar-refractivity contribution in [2.75, 3.05) is 19.7 Å². The normalized spacial score (nSPS) is 11.4. The van der Waals surface area contributed by atoms with Crippen LogP contribution in [0.5, 0.6) is 5.75 Å². The number of carbonyl (C=O) groups is 1. The fourth-order valence-electron chi connectivity index (χ4n) is 1.85. The highest BCUT2D eigenvalue weighted by molar-refractivity contribution is 5.77. The Balaban J connectivity index is 2.39. The van der Waals surface area contributed by atoms with Crippen molar-refractivity contribution in [1.82, 2.24) is 10.6 Å². The molecule has 1 atom stereocenters. The Morgan fingerprint density at radius 1 is 1.40 bits per heavy atom. The summed E-state index contributed by atoms with van der Waals surface area (Å²) >= 11 is 0. The van der Waals surface area contributed by atoms with Gasteiger partial charge in [-0.1, -0.05) is 25.0 Å². The molecule has 108 valence electrons. The van der Waals surface area contributed by atoms with E-state index in [4.69, 9.17) is 11.2 Å². The number of amides is 1. The number of nitrogens with one attached hydrogen (secondary N) is 2. The van der Waals surface area contributed by atoms with Crippen LogP contribution < -0.4 is 15.4 Å². The van der Waals surface area contributed by atoms with Crippen LogP contribution in [0.25, 0.3) is 0 Å². The lowest BCUT2D eigenvalue weighted by atomic mass is 10.1. The maximum absolute atomic E-state index is 11.3. The second kappa shape index (κ2) is 9.00. The number of carbonyl (C=O) groups excluding carboxylic acids is 1. The molecule has 4 heteroatoms. The Morgan fingerprint density at radius 2 is 2.10 bits per heavy atom. The molecule has 0 aliphatic heterocycles. The van der Waals surface area contributed by atoms with Gasteiger partial charge in [-0.05, 0) is 37.6 Å². The van der Waals surface area contributed by atoms with Crippen molar-refractivity contribution in [1.29, 1.82) is 0 Å². The fraction of sp³-hybridized carbons (Fsp3) is 0.438. The molecule has 0 saturated heterocycles. The molecular formula is C16H22N2O2. The summed E-state index contributed by atoms with van der Waals surface area (Å²) in [4.78, 5) is 11.3. The van der Waals surface area contributed by atoms with E-state index in [1.165, 1.54) is 5.56 Å². The first-order valence-corrected chi connectivity index (χ1v) is 6.81. The van der Waals surface area contributed by atoms with Crippen LogP contribution in [0.15, 0.2) is 24.3 Å². The van der Waals surface area contributed by atoms with Gasteiger partial charge in [0.1, 0.15) is 5.75 Å². The number of ether oxygens (including phenoxy) is 1. The average Bonchev–Trinajstić information content (AvgIpc) is 2.44. The van der Waals surface area contributed by atoms with E-state index in [1.807, 2.05) is 24.3 Å². The van der Waals surface area contributed by atoms with Crippen LogP contribution in [-0.2, 0) is 11.2 Å². The Labute approximate surface area is 120 Å². The Bertz CT molecular complexity index is 449. The number of hydrogen-bond donors (Lipinski definition) is 2. The van der Waals surface area contributed by atoms with E-state index >= 15 is 0 Å². The number of terminal acetylenes is 1. The first-order chi connectivity index (χ1) is 9.65. The highest BCUT2D eigenvalue weighted by atomic mass is 16.5. The van der Waals surface area contributed by atoms with Gasteiger partial charge in [-0.15, -0.1) is 6.42 Å². The summed E-state index contributed by atoms with van der Waals surface area (Å²) in [5, 5.41) is 5.91. The molecule has 0 heterocycles. The van der Waals surface area contributed by atoms with E-state index < -0.39 is 0 Å². The van der Waals surface area contributed by atoms with Gasteiger partial charge in [0.2, 0.25) is 0 Å². The summed E-state index contributed by atoms with van der Waals surface area (Å²) in [5.41, 5.74) is 1.24. The Kier molecular flexibility index (Phi) is 7.23. The van der Waals surface area contributed by atoms with Crippen LogP contribution >= 0.6 is 0 Å². The molecule has 0 aliphatic carbocycles. The lowest BCUT2D eigenvalue weighted by molar-refractivity contribution is -0.122. The van der Waals surface area contributed by atoms with Crippen LogP contribution in [0.2, 0.25) is 0 Å². The molecule has 1 amide bonds. The summed E-state index contributed by atoms with van der Waals surface area (Å²) in [6.07, 6.45) is 6.02. The molecule has 0 saturated carbocycles. The molecule has 0 spiro atoms. The first kappa shape index (κ1) is 16.1. The van der Waals surface area contributed by atoms with E-state index in [1.54, 1.807) is 0 Å². The second-order valence-corrected chi connectivity index (χ2v) is 4.58. The minimum Gasteiger partial charge on any atom is -0.484 e. The van der Waals surface area contributed by atoms with Gasteiger partial charge in [0.25, 0.3) is 5.91 Å². The van der Waals surface area contributed by atoms with Crippen LogP contribution in [0.3, 0.4) is 0 Å². The van der Waals surface area contributed by atoms with E-state index in [0.29, 0.717) is 11.8 Å². The van der Waals surface area contributed by atoms with Crippen molar-refractivity contribution in [2.45, 2.75) is 26.3 Å². The van der Waals surface area contributed by atoms with Crippen LogP contribution in [0, 0.1) is 12.3 Å². The van der Waals surface area contributed by atoms with Gasteiger partial charge in [-0.25, -0.2) is 0 Å². The van der Waals surface area contributed by atoms with E-state index in [-0.39, 0.29) is 19.1 Å². The van der Waals surface area contributed by atoms with Crippen molar-refractivity contribution >= 4 is 5.91 Å². The van der Waals surface area contributed by atoms with Gasteiger partial charge in [-0.2, -0.15) is 0 Å². The minimum absolute atomic E-state index is 0.0190. The monoisotopic (exact) mass is 274 g/mol. The largest absolute Gasteiger partial charge is 0.484 e. The molecule has 0 radical (unpaired) electrons. The van der Waals surface area contributed by atoms with Crippen LogP contribution in [0.1, 0.15) is 19.4 Å². The maximum Gasteiger partial charge on any atom is 0.258 e. The third-order valence-electron chi connectivity index (χ3n) is 2.78. The van der Waals surface area contributed by atoms with E-state index in [0.717, 1.165) is 13.0 Å². The number of benzene rings is 1. The molecule has 0 bridgehead atoms. The molecule has 0 aromatic heterocycles. The predicted molar refractivity (Wildman–Crippen MR) is 80.6 cm³/mol. The zero-order valence-corrected chi connectivity index (χ0v) is 12.1.